The zero-order valence-corrected chi connectivity index (χ0v) is 12.4. The molecule has 19 heavy (non-hydrogen) atoms. The maximum atomic E-state index is 9.82. The smallest absolute Gasteiger partial charge is 0.122 e. The average molecular weight is 288 g/mol. The van der Waals surface area contributed by atoms with Crippen LogP contribution in [0.4, 0.5) is 0 Å². The third-order valence-electron chi connectivity index (χ3n) is 2.78. The summed E-state index contributed by atoms with van der Waals surface area (Å²) >= 11 is 5.86. The lowest BCUT2D eigenvalue weighted by Crippen LogP contribution is -2.47. The molecule has 5 heteroatoms. The van der Waals surface area contributed by atoms with E-state index >= 15 is 0 Å². The lowest BCUT2D eigenvalue weighted by molar-refractivity contribution is 0.0904. The topological polar surface area (TPSA) is 61.7 Å². The minimum absolute atomic E-state index is 0.0108. The van der Waals surface area contributed by atoms with E-state index < -0.39 is 11.6 Å². The average Bonchev–Trinajstić information content (AvgIpc) is 2.35. The van der Waals surface area contributed by atoms with Crippen LogP contribution in [0.5, 0.6) is 5.75 Å². The Bertz CT molecular complexity index is 410. The van der Waals surface area contributed by atoms with Crippen LogP contribution in [0, 0.1) is 6.92 Å². The highest BCUT2D eigenvalue weighted by Crippen LogP contribution is 2.21. The Kier molecular flexibility index (Phi) is 6.07. The summed E-state index contributed by atoms with van der Waals surface area (Å²) < 4.78 is 5.54. The molecular formula is C14H22ClNO3. The largest absolute Gasteiger partial charge is 0.491 e. The molecule has 0 amide bonds. The molecule has 108 valence electrons. The van der Waals surface area contributed by atoms with Crippen molar-refractivity contribution in [3.05, 3.63) is 28.8 Å². The van der Waals surface area contributed by atoms with Crippen molar-refractivity contribution in [1.29, 1.82) is 0 Å². The van der Waals surface area contributed by atoms with Gasteiger partial charge in [0.1, 0.15) is 18.5 Å². The SMILES string of the molecule is Cc1cc(Cl)ccc1OC[C@@H](O)CNC(C)(C)CO. The van der Waals surface area contributed by atoms with Gasteiger partial charge >= 0.3 is 0 Å². The van der Waals surface area contributed by atoms with Crippen LogP contribution in [0.3, 0.4) is 0 Å². The van der Waals surface area contributed by atoms with Gasteiger partial charge in [-0.3, -0.25) is 0 Å². The number of rotatable bonds is 7. The van der Waals surface area contributed by atoms with Gasteiger partial charge in [-0.2, -0.15) is 0 Å². The highest BCUT2D eigenvalue weighted by molar-refractivity contribution is 6.30. The van der Waals surface area contributed by atoms with Crippen molar-refractivity contribution in [3.63, 3.8) is 0 Å². The van der Waals surface area contributed by atoms with Gasteiger partial charge < -0.3 is 20.3 Å². The second-order valence-corrected chi connectivity index (χ2v) is 5.73. The third kappa shape index (κ3) is 5.78. The van der Waals surface area contributed by atoms with E-state index in [1.54, 1.807) is 12.1 Å². The molecule has 0 spiro atoms. The molecule has 0 aliphatic heterocycles. The predicted octanol–water partition coefficient (Wildman–Crippen LogP) is 1.75. The van der Waals surface area contributed by atoms with Crippen molar-refractivity contribution in [2.24, 2.45) is 0 Å². The number of β-amino-alcohol motifs (C(OH)–C–C–N with tert-alkyl or cyclic N) is 1. The fourth-order valence-corrected chi connectivity index (χ4v) is 1.70. The second kappa shape index (κ2) is 7.10. The van der Waals surface area contributed by atoms with Crippen molar-refractivity contribution in [2.45, 2.75) is 32.4 Å². The minimum Gasteiger partial charge on any atom is -0.491 e. The van der Waals surface area contributed by atoms with Crippen LogP contribution in [-0.2, 0) is 0 Å². The third-order valence-corrected chi connectivity index (χ3v) is 3.01. The molecule has 0 saturated carbocycles. The van der Waals surface area contributed by atoms with E-state index in [4.69, 9.17) is 21.4 Å². The molecule has 0 aliphatic rings. The second-order valence-electron chi connectivity index (χ2n) is 5.30. The molecule has 0 aliphatic carbocycles. The Labute approximate surface area is 119 Å². The molecule has 0 heterocycles. The number of aliphatic hydroxyl groups is 2. The summed E-state index contributed by atoms with van der Waals surface area (Å²) in [5, 5.41) is 22.6. The maximum absolute atomic E-state index is 9.82. The number of benzene rings is 1. The first-order chi connectivity index (χ1) is 8.84. The number of halogens is 1. The van der Waals surface area contributed by atoms with E-state index in [0.29, 0.717) is 17.3 Å². The van der Waals surface area contributed by atoms with Crippen LogP contribution in [0.1, 0.15) is 19.4 Å². The summed E-state index contributed by atoms with van der Waals surface area (Å²) in [4.78, 5) is 0. The lowest BCUT2D eigenvalue weighted by atomic mass is 10.1. The molecular weight excluding hydrogens is 266 g/mol. The molecule has 4 nitrogen and oxygen atoms in total. The number of aryl methyl sites for hydroxylation is 1. The first-order valence-electron chi connectivity index (χ1n) is 6.27. The van der Waals surface area contributed by atoms with Crippen LogP contribution in [0.15, 0.2) is 18.2 Å². The van der Waals surface area contributed by atoms with Crippen molar-refractivity contribution in [2.75, 3.05) is 19.8 Å². The Morgan fingerprint density at radius 1 is 1.42 bits per heavy atom. The Hall–Kier alpha value is -0.810. The van der Waals surface area contributed by atoms with Crippen molar-refractivity contribution in [1.82, 2.24) is 5.32 Å². The van der Waals surface area contributed by atoms with Crippen LogP contribution in [0.25, 0.3) is 0 Å². The van der Waals surface area contributed by atoms with Gasteiger partial charge in [0.2, 0.25) is 0 Å². The van der Waals surface area contributed by atoms with Crippen LogP contribution >= 0.6 is 11.6 Å². The quantitative estimate of drug-likeness (QED) is 0.715. The molecule has 0 aromatic heterocycles. The van der Waals surface area contributed by atoms with E-state index in [9.17, 15) is 5.11 Å². The van der Waals surface area contributed by atoms with Crippen molar-refractivity contribution < 1.29 is 14.9 Å². The monoisotopic (exact) mass is 287 g/mol. The minimum atomic E-state index is -0.638. The number of hydrogen-bond acceptors (Lipinski definition) is 4. The van der Waals surface area contributed by atoms with Gasteiger partial charge in [0, 0.05) is 17.1 Å². The van der Waals surface area contributed by atoms with Crippen molar-refractivity contribution >= 4 is 11.6 Å². The zero-order valence-electron chi connectivity index (χ0n) is 11.6. The van der Waals surface area contributed by atoms with E-state index in [2.05, 4.69) is 5.32 Å². The van der Waals surface area contributed by atoms with E-state index in [1.807, 2.05) is 26.8 Å². The summed E-state index contributed by atoms with van der Waals surface area (Å²) in [7, 11) is 0. The van der Waals surface area contributed by atoms with Crippen molar-refractivity contribution in [3.8, 4) is 5.75 Å². The van der Waals surface area contributed by atoms with Gasteiger partial charge in [0.15, 0.2) is 0 Å². The van der Waals surface area contributed by atoms with E-state index in [1.165, 1.54) is 0 Å². The molecule has 0 saturated heterocycles. The summed E-state index contributed by atoms with van der Waals surface area (Å²) in [5.41, 5.74) is 0.528. The number of hydrogen-bond donors (Lipinski definition) is 3. The molecule has 3 N–H and O–H groups in total. The maximum Gasteiger partial charge on any atom is 0.122 e. The molecule has 1 rings (SSSR count). The summed E-state index contributed by atoms with van der Waals surface area (Å²) in [6, 6.07) is 5.36. The fourth-order valence-electron chi connectivity index (χ4n) is 1.47. The molecule has 0 radical (unpaired) electrons. The number of aliphatic hydroxyl groups excluding tert-OH is 2. The van der Waals surface area contributed by atoms with Gasteiger partial charge in [-0.05, 0) is 44.5 Å². The highest BCUT2D eigenvalue weighted by atomic mass is 35.5. The summed E-state index contributed by atoms with van der Waals surface area (Å²) in [6.45, 7) is 6.20. The first kappa shape index (κ1) is 16.2. The van der Waals surface area contributed by atoms with Crippen LogP contribution in [0.2, 0.25) is 5.02 Å². The molecule has 0 bridgehead atoms. The van der Waals surface area contributed by atoms with Crippen LogP contribution < -0.4 is 10.1 Å². The normalized spacial score (nSPS) is 13.4. The fraction of sp³-hybridized carbons (Fsp3) is 0.571. The standard InChI is InChI=1S/C14H22ClNO3/c1-10-6-11(15)4-5-13(10)19-8-12(18)7-16-14(2,3)9-17/h4-6,12,16-18H,7-9H2,1-3H3/t12-/m0/s1. The Morgan fingerprint density at radius 3 is 2.68 bits per heavy atom. The molecule has 0 unspecified atom stereocenters. The van der Waals surface area contributed by atoms with Gasteiger partial charge in [-0.1, -0.05) is 11.6 Å². The molecule has 1 aromatic carbocycles. The van der Waals surface area contributed by atoms with Gasteiger partial charge in [0.25, 0.3) is 0 Å². The van der Waals surface area contributed by atoms with Gasteiger partial charge in [0.05, 0.1) is 6.61 Å². The number of ether oxygens (including phenoxy) is 1. The molecule has 1 aromatic rings. The number of nitrogens with one attached hydrogen (secondary N) is 1. The highest BCUT2D eigenvalue weighted by Gasteiger charge is 2.17. The Balaban J connectivity index is 2.40. The summed E-state index contributed by atoms with van der Waals surface area (Å²) in [5.74, 6) is 0.713. The van der Waals surface area contributed by atoms with E-state index in [0.717, 1.165) is 5.56 Å². The molecule has 1 atom stereocenters. The van der Waals surface area contributed by atoms with Gasteiger partial charge in [-0.25, -0.2) is 0 Å². The Morgan fingerprint density at radius 2 is 2.11 bits per heavy atom. The first-order valence-corrected chi connectivity index (χ1v) is 6.65. The van der Waals surface area contributed by atoms with Crippen LogP contribution in [-0.4, -0.2) is 41.6 Å². The lowest BCUT2D eigenvalue weighted by Gasteiger charge is -2.25. The van der Waals surface area contributed by atoms with E-state index in [-0.39, 0.29) is 13.2 Å². The summed E-state index contributed by atoms with van der Waals surface area (Å²) in [6.07, 6.45) is -0.638. The van der Waals surface area contributed by atoms with Gasteiger partial charge in [-0.15, -0.1) is 0 Å². The molecule has 0 fully saturated rings. The predicted molar refractivity (Wildman–Crippen MR) is 76.9 cm³/mol. The zero-order chi connectivity index (χ0) is 14.5.